The zero-order chi connectivity index (χ0) is 15.9. The van der Waals surface area contributed by atoms with Gasteiger partial charge in [-0.2, -0.15) is 0 Å². The van der Waals surface area contributed by atoms with Gasteiger partial charge in [-0.05, 0) is 43.1 Å². The summed E-state index contributed by atoms with van der Waals surface area (Å²) in [5, 5.41) is 2.15. The molecule has 23 heavy (non-hydrogen) atoms. The van der Waals surface area contributed by atoms with Crippen molar-refractivity contribution >= 4 is 22.1 Å². The minimum atomic E-state index is -0.879. The highest BCUT2D eigenvalue weighted by molar-refractivity contribution is 7.85. The zero-order valence-corrected chi connectivity index (χ0v) is 15.0. The van der Waals surface area contributed by atoms with Gasteiger partial charge in [-0.1, -0.05) is 24.3 Å². The molecule has 0 amide bonds. The molecule has 3 rings (SSSR count). The Hall–Kier alpha value is -1.01. The first kappa shape index (κ1) is 16.8. The van der Waals surface area contributed by atoms with Gasteiger partial charge in [0.15, 0.2) is 0 Å². The summed E-state index contributed by atoms with van der Waals surface area (Å²) in [4.78, 5) is 7.40. The third kappa shape index (κ3) is 5.24. The van der Waals surface area contributed by atoms with Crippen LogP contribution in [0.15, 0.2) is 52.7 Å². The van der Waals surface area contributed by atoms with Gasteiger partial charge in [0.2, 0.25) is 0 Å². The van der Waals surface area contributed by atoms with E-state index in [0.717, 1.165) is 49.9 Å². The average molecular weight is 349 g/mol. The number of hydrogen-bond acceptors (Lipinski definition) is 4. The van der Waals surface area contributed by atoms with Gasteiger partial charge >= 0.3 is 0 Å². The van der Waals surface area contributed by atoms with Crippen LogP contribution in [0.4, 0.5) is 0 Å². The Morgan fingerprint density at radius 3 is 2.52 bits per heavy atom. The van der Waals surface area contributed by atoms with Crippen LogP contribution in [0.25, 0.3) is 0 Å². The van der Waals surface area contributed by atoms with E-state index in [0.29, 0.717) is 0 Å². The van der Waals surface area contributed by atoms with Gasteiger partial charge in [0.25, 0.3) is 0 Å². The molecular weight excluding hydrogens is 324 g/mol. The second kappa shape index (κ2) is 8.73. The third-order valence-electron chi connectivity index (χ3n) is 4.24. The molecule has 0 aliphatic carbocycles. The van der Waals surface area contributed by atoms with Gasteiger partial charge < -0.3 is 4.90 Å². The monoisotopic (exact) mass is 348 g/mol. The molecule has 3 nitrogen and oxygen atoms in total. The first-order valence-corrected chi connectivity index (χ1v) is 10.4. The summed E-state index contributed by atoms with van der Waals surface area (Å²) in [6.07, 6.45) is 1.20. The quantitative estimate of drug-likeness (QED) is 0.802. The standard InChI is InChI=1S/C18H24N2OS2/c21-23(18-7-2-1-3-8-18)15-13-19-9-5-10-20(12-11-19)16-17-6-4-14-22-17/h1-4,6-8,14H,5,9-13,15-16H2/t23-/m1/s1. The van der Waals surface area contributed by atoms with Gasteiger partial charge in [-0.25, -0.2) is 0 Å². The van der Waals surface area contributed by atoms with Gasteiger partial charge in [-0.15, -0.1) is 11.3 Å². The van der Waals surface area contributed by atoms with E-state index < -0.39 is 10.8 Å². The molecule has 1 saturated heterocycles. The highest BCUT2D eigenvalue weighted by Gasteiger charge is 2.16. The molecule has 1 atom stereocenters. The molecule has 0 spiro atoms. The Morgan fingerprint density at radius 1 is 0.957 bits per heavy atom. The molecule has 2 heterocycles. The van der Waals surface area contributed by atoms with Crippen molar-refractivity contribution in [3.05, 3.63) is 52.7 Å². The van der Waals surface area contributed by atoms with E-state index in [9.17, 15) is 4.21 Å². The predicted molar refractivity (Wildman–Crippen MR) is 98.4 cm³/mol. The number of rotatable bonds is 6. The van der Waals surface area contributed by atoms with Crippen LogP contribution in [0.5, 0.6) is 0 Å². The zero-order valence-electron chi connectivity index (χ0n) is 13.4. The molecule has 0 saturated carbocycles. The van der Waals surface area contributed by atoms with Crippen molar-refractivity contribution in [3.63, 3.8) is 0 Å². The molecule has 1 fully saturated rings. The van der Waals surface area contributed by atoms with Crippen LogP contribution in [0.3, 0.4) is 0 Å². The van der Waals surface area contributed by atoms with Crippen molar-refractivity contribution in [1.29, 1.82) is 0 Å². The topological polar surface area (TPSA) is 23.6 Å². The van der Waals surface area contributed by atoms with Crippen LogP contribution < -0.4 is 0 Å². The smallest absolute Gasteiger partial charge is 0.0542 e. The Bertz CT molecular complexity index is 601. The lowest BCUT2D eigenvalue weighted by Crippen LogP contribution is -2.32. The Labute approximate surface area is 145 Å². The molecule has 1 aromatic heterocycles. The van der Waals surface area contributed by atoms with Crippen LogP contribution in [-0.4, -0.2) is 52.5 Å². The van der Waals surface area contributed by atoms with E-state index in [1.54, 1.807) is 0 Å². The number of benzene rings is 1. The van der Waals surface area contributed by atoms with Crippen LogP contribution in [0.2, 0.25) is 0 Å². The van der Waals surface area contributed by atoms with E-state index in [-0.39, 0.29) is 0 Å². The van der Waals surface area contributed by atoms with Gasteiger partial charge in [0.1, 0.15) is 0 Å². The minimum Gasteiger partial charge on any atom is -0.301 e. The minimum absolute atomic E-state index is 0.731. The molecule has 0 radical (unpaired) electrons. The Morgan fingerprint density at radius 2 is 1.74 bits per heavy atom. The first-order chi connectivity index (χ1) is 11.3. The normalized spacial score (nSPS) is 18.6. The number of nitrogens with zero attached hydrogens (tertiary/aromatic N) is 2. The van der Waals surface area contributed by atoms with Crippen molar-refractivity contribution in [1.82, 2.24) is 9.80 Å². The molecular formula is C18H24N2OS2. The summed E-state index contributed by atoms with van der Waals surface area (Å²) < 4.78 is 12.3. The largest absolute Gasteiger partial charge is 0.301 e. The molecule has 0 unspecified atom stereocenters. The van der Waals surface area contributed by atoms with Gasteiger partial charge in [-0.3, -0.25) is 9.11 Å². The Kier molecular flexibility index (Phi) is 6.39. The fraction of sp³-hybridized carbons (Fsp3) is 0.444. The summed E-state index contributed by atoms with van der Waals surface area (Å²) in [6.45, 7) is 6.46. The maximum absolute atomic E-state index is 12.3. The maximum Gasteiger partial charge on any atom is 0.0542 e. The van der Waals surface area contributed by atoms with E-state index in [1.165, 1.54) is 11.3 Å². The van der Waals surface area contributed by atoms with Crippen molar-refractivity contribution in [2.75, 3.05) is 38.5 Å². The van der Waals surface area contributed by atoms with Crippen molar-refractivity contribution < 1.29 is 4.21 Å². The number of hydrogen-bond donors (Lipinski definition) is 0. The van der Waals surface area contributed by atoms with E-state index >= 15 is 0 Å². The van der Waals surface area contributed by atoms with Crippen molar-refractivity contribution in [2.45, 2.75) is 17.9 Å². The van der Waals surface area contributed by atoms with Crippen LogP contribution in [0, 0.1) is 0 Å². The Balaban J connectivity index is 1.44. The molecule has 0 N–H and O–H groups in total. The third-order valence-corrected chi connectivity index (χ3v) is 6.45. The fourth-order valence-electron chi connectivity index (χ4n) is 2.93. The summed E-state index contributed by atoms with van der Waals surface area (Å²) in [5.74, 6) is 0.731. The maximum atomic E-state index is 12.3. The molecule has 2 aromatic rings. The highest BCUT2D eigenvalue weighted by Crippen LogP contribution is 2.14. The average Bonchev–Trinajstić information content (AvgIpc) is 2.99. The summed E-state index contributed by atoms with van der Waals surface area (Å²) in [7, 11) is -0.879. The van der Waals surface area contributed by atoms with Crippen LogP contribution >= 0.6 is 11.3 Å². The molecule has 5 heteroatoms. The summed E-state index contributed by atoms with van der Waals surface area (Å²) in [5.41, 5.74) is 0. The second-order valence-corrected chi connectivity index (χ2v) is 8.52. The van der Waals surface area contributed by atoms with E-state index in [4.69, 9.17) is 0 Å². The highest BCUT2D eigenvalue weighted by atomic mass is 32.2. The summed E-state index contributed by atoms with van der Waals surface area (Å²) in [6, 6.07) is 14.2. The molecule has 124 valence electrons. The van der Waals surface area contributed by atoms with E-state index in [1.807, 2.05) is 41.7 Å². The van der Waals surface area contributed by atoms with Crippen molar-refractivity contribution in [3.8, 4) is 0 Å². The summed E-state index contributed by atoms with van der Waals surface area (Å²) >= 11 is 1.84. The van der Waals surface area contributed by atoms with Crippen LogP contribution in [-0.2, 0) is 17.3 Å². The van der Waals surface area contributed by atoms with Gasteiger partial charge in [0, 0.05) is 41.7 Å². The lowest BCUT2D eigenvalue weighted by Gasteiger charge is -2.21. The fourth-order valence-corrected chi connectivity index (χ4v) is 4.80. The lowest BCUT2D eigenvalue weighted by molar-refractivity contribution is 0.259. The first-order valence-electron chi connectivity index (χ1n) is 8.22. The van der Waals surface area contributed by atoms with Crippen LogP contribution in [0.1, 0.15) is 11.3 Å². The second-order valence-electron chi connectivity index (χ2n) is 5.91. The molecule has 0 bridgehead atoms. The molecule has 1 aromatic carbocycles. The SMILES string of the molecule is O=[S@](CCN1CCCN(Cc2cccs2)CC1)c1ccccc1. The van der Waals surface area contributed by atoms with E-state index in [2.05, 4.69) is 27.3 Å². The van der Waals surface area contributed by atoms with Gasteiger partial charge in [0.05, 0.1) is 10.8 Å². The number of thiophene rings is 1. The lowest BCUT2D eigenvalue weighted by atomic mass is 10.3. The molecule has 1 aliphatic rings. The molecule has 1 aliphatic heterocycles. The van der Waals surface area contributed by atoms with Crippen molar-refractivity contribution in [2.24, 2.45) is 0 Å². The predicted octanol–water partition coefficient (Wildman–Crippen LogP) is 3.06.